The molecule has 1 aliphatic heterocycles. The van der Waals surface area contributed by atoms with Gasteiger partial charge in [-0.2, -0.15) is 0 Å². The summed E-state index contributed by atoms with van der Waals surface area (Å²) in [6, 6.07) is 9.41. The van der Waals surface area contributed by atoms with Gasteiger partial charge in [0.05, 0.1) is 23.4 Å². The molecule has 2 N–H and O–H groups in total. The van der Waals surface area contributed by atoms with Gasteiger partial charge in [-0.05, 0) is 43.5 Å². The van der Waals surface area contributed by atoms with Gasteiger partial charge in [0.1, 0.15) is 10.6 Å². The van der Waals surface area contributed by atoms with Crippen LogP contribution in [0.15, 0.2) is 62.8 Å². The van der Waals surface area contributed by atoms with Crippen molar-refractivity contribution in [2.24, 2.45) is 4.99 Å². The average Bonchev–Trinajstić information content (AvgIpc) is 3.40. The van der Waals surface area contributed by atoms with Crippen molar-refractivity contribution in [1.82, 2.24) is 4.57 Å². The van der Waals surface area contributed by atoms with Gasteiger partial charge in [-0.15, -0.1) is 11.3 Å². The Balaban J connectivity index is 1.81. The maximum Gasteiger partial charge on any atom is 0.338 e. The van der Waals surface area contributed by atoms with Crippen LogP contribution in [0.25, 0.3) is 6.20 Å². The van der Waals surface area contributed by atoms with E-state index in [1.165, 1.54) is 45.6 Å². The van der Waals surface area contributed by atoms with Crippen molar-refractivity contribution in [3.63, 3.8) is 0 Å². The molecule has 0 saturated heterocycles. The van der Waals surface area contributed by atoms with E-state index < -0.39 is 18.0 Å². The Bertz CT molecular complexity index is 1400. The third-order valence-corrected chi connectivity index (χ3v) is 6.72. The lowest BCUT2D eigenvalue weighted by molar-refractivity contribution is -0.139. The Hall–Kier alpha value is -3.50. The number of carbonyl (C=O) groups excluding carboxylic acids is 1. The van der Waals surface area contributed by atoms with Crippen LogP contribution < -0.4 is 20.2 Å². The molecule has 1 atom stereocenters. The van der Waals surface area contributed by atoms with Crippen LogP contribution in [0.5, 0.6) is 0 Å². The van der Waals surface area contributed by atoms with E-state index in [2.05, 4.69) is 10.3 Å². The van der Waals surface area contributed by atoms with E-state index in [9.17, 15) is 14.4 Å². The van der Waals surface area contributed by atoms with Crippen molar-refractivity contribution in [1.29, 1.82) is 0 Å². The van der Waals surface area contributed by atoms with Crippen molar-refractivity contribution < 1.29 is 19.4 Å². The first kappa shape index (κ1) is 21.7. The Morgan fingerprint density at radius 2 is 2.12 bits per heavy atom. The van der Waals surface area contributed by atoms with Gasteiger partial charge >= 0.3 is 11.9 Å². The number of carboxylic acids is 1. The summed E-state index contributed by atoms with van der Waals surface area (Å²) in [5.41, 5.74) is 1.22. The molecule has 164 valence electrons. The van der Waals surface area contributed by atoms with Gasteiger partial charge in [-0.3, -0.25) is 9.36 Å². The number of esters is 1. The van der Waals surface area contributed by atoms with Crippen LogP contribution >= 0.6 is 22.7 Å². The lowest BCUT2D eigenvalue weighted by atomic mass is 10.0. The zero-order valence-corrected chi connectivity index (χ0v) is 18.8. The summed E-state index contributed by atoms with van der Waals surface area (Å²) >= 11 is 2.64. The van der Waals surface area contributed by atoms with Crippen LogP contribution in [0.1, 0.15) is 35.1 Å². The van der Waals surface area contributed by atoms with Crippen molar-refractivity contribution >= 4 is 46.5 Å². The Labute approximate surface area is 190 Å². The maximum absolute atomic E-state index is 13.3. The standard InChI is InChI=1S/C22H19N3O5S2/c1-3-30-21(29)17-12(2)24-22-25(18(17)15-8-5-9-31-15)19(26)16(32-22)11-23-14-7-4-6-13(10-14)20(27)28/h4-11,18,23H,3H2,1-2H3,(H,27,28)/b16-11-/t18-/m0/s1. The molecule has 0 fully saturated rings. The van der Waals surface area contributed by atoms with Crippen LogP contribution in [0.4, 0.5) is 5.69 Å². The fourth-order valence-corrected chi connectivity index (χ4v) is 5.19. The van der Waals surface area contributed by atoms with E-state index in [1.54, 1.807) is 26.0 Å². The molecule has 1 aliphatic rings. The highest BCUT2D eigenvalue weighted by Gasteiger charge is 2.33. The molecule has 3 aromatic rings. The molecule has 0 amide bonds. The van der Waals surface area contributed by atoms with Crippen molar-refractivity contribution in [2.75, 3.05) is 11.9 Å². The number of fused-ring (bicyclic) bond motifs is 1. The smallest absolute Gasteiger partial charge is 0.338 e. The summed E-state index contributed by atoms with van der Waals surface area (Å²) in [4.78, 5) is 43.0. The first-order valence-corrected chi connectivity index (χ1v) is 11.4. The van der Waals surface area contributed by atoms with Gasteiger partial charge in [-0.25, -0.2) is 14.6 Å². The Kier molecular flexibility index (Phi) is 6.06. The largest absolute Gasteiger partial charge is 0.478 e. The second-order valence-corrected chi connectivity index (χ2v) is 8.84. The number of nitrogens with one attached hydrogen (secondary N) is 1. The zero-order chi connectivity index (χ0) is 22.8. The quantitative estimate of drug-likeness (QED) is 0.537. The topological polar surface area (TPSA) is 110 Å². The highest BCUT2D eigenvalue weighted by Crippen LogP contribution is 2.33. The van der Waals surface area contributed by atoms with Gasteiger partial charge < -0.3 is 15.2 Å². The summed E-state index contributed by atoms with van der Waals surface area (Å²) < 4.78 is 7.13. The van der Waals surface area contributed by atoms with Crippen molar-refractivity contribution in [3.8, 4) is 0 Å². The van der Waals surface area contributed by atoms with Gasteiger partial charge in [-0.1, -0.05) is 23.5 Å². The number of nitrogens with zero attached hydrogens (tertiary/aromatic N) is 2. The third kappa shape index (κ3) is 4.02. The van der Waals surface area contributed by atoms with Gasteiger partial charge in [0, 0.05) is 16.8 Å². The molecular weight excluding hydrogens is 450 g/mol. The zero-order valence-electron chi connectivity index (χ0n) is 17.2. The van der Waals surface area contributed by atoms with Crippen LogP contribution in [0.2, 0.25) is 0 Å². The molecule has 10 heteroatoms. The summed E-state index contributed by atoms with van der Waals surface area (Å²) in [7, 11) is 0. The summed E-state index contributed by atoms with van der Waals surface area (Å²) in [6.45, 7) is 3.68. The molecule has 32 heavy (non-hydrogen) atoms. The number of carbonyl (C=O) groups is 2. The number of aromatic carboxylic acids is 1. The van der Waals surface area contributed by atoms with Gasteiger partial charge in [0.25, 0.3) is 5.56 Å². The van der Waals surface area contributed by atoms with Gasteiger partial charge in [0.2, 0.25) is 0 Å². The molecule has 2 aromatic heterocycles. The normalized spacial score (nSPS) is 15.8. The fraction of sp³-hybridized carbons (Fsp3) is 0.182. The minimum absolute atomic E-state index is 0.136. The minimum Gasteiger partial charge on any atom is -0.478 e. The van der Waals surface area contributed by atoms with Crippen LogP contribution in [-0.2, 0) is 9.53 Å². The van der Waals surface area contributed by atoms with E-state index in [4.69, 9.17) is 9.84 Å². The maximum atomic E-state index is 13.3. The lowest BCUT2D eigenvalue weighted by Crippen LogP contribution is -2.39. The second kappa shape index (κ2) is 8.93. The monoisotopic (exact) mass is 469 g/mol. The molecular formula is C22H19N3O5S2. The molecule has 0 unspecified atom stereocenters. The predicted octanol–water partition coefficient (Wildman–Crippen LogP) is 2.58. The number of rotatable bonds is 6. The predicted molar refractivity (Wildman–Crippen MR) is 123 cm³/mol. The third-order valence-electron chi connectivity index (χ3n) is 4.81. The molecule has 0 saturated carbocycles. The van der Waals surface area contributed by atoms with Crippen molar-refractivity contribution in [2.45, 2.75) is 19.9 Å². The number of hydrogen-bond donors (Lipinski definition) is 2. The van der Waals surface area contributed by atoms with Gasteiger partial charge in [0.15, 0.2) is 4.80 Å². The molecule has 3 heterocycles. The van der Waals surface area contributed by atoms with Crippen molar-refractivity contribution in [3.05, 3.63) is 83.2 Å². The van der Waals surface area contributed by atoms with E-state index in [1.807, 2.05) is 17.5 Å². The molecule has 4 rings (SSSR count). The molecule has 0 aliphatic carbocycles. The number of hydrogen-bond acceptors (Lipinski definition) is 8. The number of benzene rings is 1. The lowest BCUT2D eigenvalue weighted by Gasteiger charge is -2.23. The minimum atomic E-state index is -1.04. The van der Waals surface area contributed by atoms with E-state index in [-0.39, 0.29) is 17.7 Å². The summed E-state index contributed by atoms with van der Waals surface area (Å²) in [5, 5.41) is 14.0. The van der Waals surface area contributed by atoms with E-state index in [0.29, 0.717) is 26.3 Å². The Morgan fingerprint density at radius 1 is 1.31 bits per heavy atom. The van der Waals surface area contributed by atoms with Crippen LogP contribution in [-0.4, -0.2) is 28.2 Å². The second-order valence-electron chi connectivity index (χ2n) is 6.85. The molecule has 1 aromatic carbocycles. The number of thiazole rings is 1. The molecule has 8 nitrogen and oxygen atoms in total. The molecule has 0 bridgehead atoms. The molecule has 0 radical (unpaired) electrons. The van der Waals surface area contributed by atoms with Crippen LogP contribution in [0.3, 0.4) is 0 Å². The number of thiophene rings is 1. The average molecular weight is 470 g/mol. The fourth-order valence-electron chi connectivity index (χ4n) is 3.40. The number of aromatic nitrogens is 1. The highest BCUT2D eigenvalue weighted by atomic mass is 32.1. The summed E-state index contributed by atoms with van der Waals surface area (Å²) in [5.74, 6) is -1.53. The number of anilines is 1. The summed E-state index contributed by atoms with van der Waals surface area (Å²) in [6.07, 6.45) is 1.53. The molecule has 0 spiro atoms. The number of carboxylic acid groups (broad SMARTS) is 1. The highest BCUT2D eigenvalue weighted by molar-refractivity contribution is 7.10. The Morgan fingerprint density at radius 3 is 2.81 bits per heavy atom. The first-order chi connectivity index (χ1) is 15.4. The number of ether oxygens (including phenoxy) is 1. The first-order valence-electron chi connectivity index (χ1n) is 9.72. The van der Waals surface area contributed by atoms with E-state index in [0.717, 1.165) is 4.88 Å². The number of allylic oxidation sites excluding steroid dienone is 1. The van der Waals surface area contributed by atoms with Crippen LogP contribution in [0, 0.1) is 0 Å². The SMILES string of the molecule is CCOC(=O)C1=C(C)N=c2s/c(=C\Nc3cccc(C(=O)O)c3)c(=O)n2[C@H]1c1cccs1. The van der Waals surface area contributed by atoms with E-state index >= 15 is 0 Å².